The molecule has 102 valence electrons. The summed E-state index contributed by atoms with van der Waals surface area (Å²) in [6.07, 6.45) is 2.10. The van der Waals surface area contributed by atoms with E-state index in [2.05, 4.69) is 0 Å². The molecule has 1 aliphatic carbocycles. The summed E-state index contributed by atoms with van der Waals surface area (Å²) in [5.41, 5.74) is -0.693. The van der Waals surface area contributed by atoms with E-state index < -0.39 is 11.6 Å². The van der Waals surface area contributed by atoms with Crippen LogP contribution in [0.25, 0.3) is 0 Å². The van der Waals surface area contributed by atoms with Crippen molar-refractivity contribution in [3.05, 3.63) is 0 Å². The van der Waals surface area contributed by atoms with E-state index in [-0.39, 0.29) is 17.4 Å². The SMILES string of the molecule is CC(C)(C)OC(=O)N1CCC2(CCC2C(=O)O)C1. The summed E-state index contributed by atoms with van der Waals surface area (Å²) in [6, 6.07) is 0. The van der Waals surface area contributed by atoms with Gasteiger partial charge >= 0.3 is 12.1 Å². The molecule has 1 amide bonds. The lowest BCUT2D eigenvalue weighted by Gasteiger charge is -2.44. The quantitative estimate of drug-likeness (QED) is 0.779. The summed E-state index contributed by atoms with van der Waals surface area (Å²) in [4.78, 5) is 24.7. The van der Waals surface area contributed by atoms with Gasteiger partial charge in [0.05, 0.1) is 5.92 Å². The third-order valence-corrected chi connectivity index (χ3v) is 4.01. The van der Waals surface area contributed by atoms with E-state index in [1.807, 2.05) is 20.8 Å². The number of carbonyl (C=O) groups excluding carboxylic acids is 1. The van der Waals surface area contributed by atoms with E-state index in [4.69, 9.17) is 9.84 Å². The van der Waals surface area contributed by atoms with Crippen LogP contribution in [-0.2, 0) is 9.53 Å². The molecule has 5 heteroatoms. The van der Waals surface area contributed by atoms with Crippen LogP contribution >= 0.6 is 0 Å². The number of carboxylic acid groups (broad SMARTS) is 1. The maximum atomic E-state index is 11.9. The van der Waals surface area contributed by atoms with Gasteiger partial charge in [-0.25, -0.2) is 4.79 Å². The number of nitrogens with zero attached hydrogens (tertiary/aromatic N) is 1. The molecule has 0 aromatic carbocycles. The van der Waals surface area contributed by atoms with Crippen LogP contribution in [0.3, 0.4) is 0 Å². The Labute approximate surface area is 107 Å². The molecule has 2 rings (SSSR count). The molecule has 2 atom stereocenters. The second-order valence-electron chi connectivity index (χ2n) is 6.44. The number of hydrogen-bond acceptors (Lipinski definition) is 3. The Morgan fingerprint density at radius 2 is 2.00 bits per heavy atom. The summed E-state index contributed by atoms with van der Waals surface area (Å²) in [6.45, 7) is 6.64. The first-order chi connectivity index (χ1) is 8.23. The average Bonchev–Trinajstić information content (AvgIpc) is 2.58. The molecule has 0 bridgehead atoms. The molecule has 1 saturated carbocycles. The maximum absolute atomic E-state index is 11.9. The lowest BCUT2D eigenvalue weighted by atomic mass is 9.59. The number of ether oxygens (including phenoxy) is 1. The molecule has 1 spiro atoms. The molecular weight excluding hydrogens is 234 g/mol. The number of carbonyl (C=O) groups is 2. The monoisotopic (exact) mass is 255 g/mol. The predicted molar refractivity (Wildman–Crippen MR) is 65.2 cm³/mol. The van der Waals surface area contributed by atoms with E-state index in [0.717, 1.165) is 19.3 Å². The van der Waals surface area contributed by atoms with Gasteiger partial charge in [-0.3, -0.25) is 4.79 Å². The molecule has 0 aromatic rings. The number of aliphatic carboxylic acids is 1. The summed E-state index contributed by atoms with van der Waals surface area (Å²) >= 11 is 0. The van der Waals surface area contributed by atoms with Crippen LogP contribution in [0.15, 0.2) is 0 Å². The lowest BCUT2D eigenvalue weighted by molar-refractivity contribution is -0.153. The van der Waals surface area contributed by atoms with Crippen molar-refractivity contribution in [1.29, 1.82) is 0 Å². The van der Waals surface area contributed by atoms with Crippen molar-refractivity contribution in [1.82, 2.24) is 4.90 Å². The summed E-state index contributed by atoms with van der Waals surface area (Å²) in [5.74, 6) is -1.02. The van der Waals surface area contributed by atoms with Crippen molar-refractivity contribution < 1.29 is 19.4 Å². The van der Waals surface area contributed by atoms with E-state index in [1.165, 1.54) is 0 Å². The van der Waals surface area contributed by atoms with Crippen LogP contribution in [0.5, 0.6) is 0 Å². The van der Waals surface area contributed by atoms with Crippen LogP contribution in [0.1, 0.15) is 40.0 Å². The Bertz CT molecular complexity index is 374. The zero-order valence-corrected chi connectivity index (χ0v) is 11.2. The van der Waals surface area contributed by atoms with Crippen LogP contribution in [0.4, 0.5) is 4.79 Å². The average molecular weight is 255 g/mol. The molecule has 0 aromatic heterocycles. The Morgan fingerprint density at radius 3 is 2.44 bits per heavy atom. The van der Waals surface area contributed by atoms with Gasteiger partial charge in [-0.2, -0.15) is 0 Å². The van der Waals surface area contributed by atoms with Gasteiger partial charge in [0.1, 0.15) is 5.60 Å². The number of hydrogen-bond donors (Lipinski definition) is 1. The summed E-state index contributed by atoms with van der Waals surface area (Å²) < 4.78 is 5.32. The van der Waals surface area contributed by atoms with Crippen molar-refractivity contribution in [3.63, 3.8) is 0 Å². The van der Waals surface area contributed by atoms with E-state index in [9.17, 15) is 9.59 Å². The first kappa shape index (κ1) is 13.2. The second-order valence-corrected chi connectivity index (χ2v) is 6.44. The molecule has 1 heterocycles. The minimum Gasteiger partial charge on any atom is -0.481 e. The number of amides is 1. The Hall–Kier alpha value is -1.26. The topological polar surface area (TPSA) is 66.8 Å². The Morgan fingerprint density at radius 1 is 1.33 bits per heavy atom. The zero-order valence-electron chi connectivity index (χ0n) is 11.2. The van der Waals surface area contributed by atoms with Crippen LogP contribution in [0.2, 0.25) is 0 Å². The fraction of sp³-hybridized carbons (Fsp3) is 0.846. The van der Waals surface area contributed by atoms with Gasteiger partial charge in [-0.1, -0.05) is 0 Å². The molecule has 18 heavy (non-hydrogen) atoms. The smallest absolute Gasteiger partial charge is 0.410 e. The highest BCUT2D eigenvalue weighted by Crippen LogP contribution is 2.53. The van der Waals surface area contributed by atoms with E-state index in [0.29, 0.717) is 13.1 Å². The van der Waals surface area contributed by atoms with Crippen LogP contribution < -0.4 is 0 Å². The molecule has 1 saturated heterocycles. The van der Waals surface area contributed by atoms with Gasteiger partial charge in [-0.05, 0) is 40.0 Å². The highest BCUT2D eigenvalue weighted by atomic mass is 16.6. The van der Waals surface area contributed by atoms with Gasteiger partial charge < -0.3 is 14.7 Å². The van der Waals surface area contributed by atoms with Crippen molar-refractivity contribution in [2.24, 2.45) is 11.3 Å². The predicted octanol–water partition coefficient (Wildman–Crippen LogP) is 2.11. The van der Waals surface area contributed by atoms with Crippen molar-refractivity contribution >= 4 is 12.1 Å². The zero-order chi connectivity index (χ0) is 13.6. The second kappa shape index (κ2) is 4.14. The van der Waals surface area contributed by atoms with E-state index >= 15 is 0 Å². The highest BCUT2D eigenvalue weighted by Gasteiger charge is 2.55. The lowest BCUT2D eigenvalue weighted by Crippen LogP contribution is -2.47. The minimum absolute atomic E-state index is 0.192. The fourth-order valence-corrected chi connectivity index (χ4v) is 2.95. The van der Waals surface area contributed by atoms with Gasteiger partial charge in [0.25, 0.3) is 0 Å². The van der Waals surface area contributed by atoms with Gasteiger partial charge in [0.2, 0.25) is 0 Å². The minimum atomic E-state index is -0.729. The largest absolute Gasteiger partial charge is 0.481 e. The molecular formula is C13H21NO4. The number of likely N-dealkylation sites (tertiary alicyclic amines) is 1. The van der Waals surface area contributed by atoms with Gasteiger partial charge in [0.15, 0.2) is 0 Å². The molecule has 5 nitrogen and oxygen atoms in total. The Balaban J connectivity index is 1.97. The van der Waals surface area contributed by atoms with Crippen molar-refractivity contribution in [3.8, 4) is 0 Å². The first-order valence-electron chi connectivity index (χ1n) is 6.44. The molecule has 2 fully saturated rings. The van der Waals surface area contributed by atoms with Crippen LogP contribution in [-0.4, -0.2) is 40.8 Å². The van der Waals surface area contributed by atoms with Crippen molar-refractivity contribution in [2.45, 2.75) is 45.6 Å². The fourth-order valence-electron chi connectivity index (χ4n) is 2.95. The van der Waals surface area contributed by atoms with Gasteiger partial charge in [-0.15, -0.1) is 0 Å². The molecule has 2 aliphatic rings. The first-order valence-corrected chi connectivity index (χ1v) is 6.44. The van der Waals surface area contributed by atoms with E-state index in [1.54, 1.807) is 4.90 Å². The number of rotatable bonds is 1. The third-order valence-electron chi connectivity index (χ3n) is 4.01. The maximum Gasteiger partial charge on any atom is 0.410 e. The van der Waals surface area contributed by atoms with Gasteiger partial charge in [0, 0.05) is 18.5 Å². The third kappa shape index (κ3) is 2.31. The normalized spacial score (nSPS) is 31.3. The Kier molecular flexibility index (Phi) is 3.03. The molecule has 2 unspecified atom stereocenters. The van der Waals surface area contributed by atoms with Crippen LogP contribution in [0, 0.1) is 11.3 Å². The standard InChI is InChI=1S/C13H21NO4/c1-12(2,3)18-11(17)14-7-6-13(8-14)5-4-9(13)10(15)16/h9H,4-8H2,1-3H3,(H,15,16). The molecule has 1 N–H and O–H groups in total. The molecule has 1 aliphatic heterocycles. The summed E-state index contributed by atoms with van der Waals surface area (Å²) in [7, 11) is 0. The molecule has 0 radical (unpaired) electrons. The van der Waals surface area contributed by atoms with Crippen molar-refractivity contribution in [2.75, 3.05) is 13.1 Å². The highest BCUT2D eigenvalue weighted by molar-refractivity contribution is 5.73. The number of carboxylic acids is 1. The summed E-state index contributed by atoms with van der Waals surface area (Å²) in [5, 5.41) is 9.14.